The number of fused-ring (bicyclic) bond motifs is 4. The van der Waals surface area contributed by atoms with Crippen LogP contribution in [0.25, 0.3) is 0 Å². The van der Waals surface area contributed by atoms with E-state index in [1.807, 2.05) is 0 Å². The minimum atomic E-state index is -5.91. The third-order valence-electron chi connectivity index (χ3n) is 9.78. The van der Waals surface area contributed by atoms with Gasteiger partial charge in [-0.2, -0.15) is 22.0 Å². The number of sulfone groups is 1. The molecule has 4 aliphatic rings. The molecule has 0 aromatic heterocycles. The SMILES string of the molecule is CCS(=O)(=O)c1ccc([C@H]2C[C@@]3(C)[C@@H](CC[C@@]3(O)C(F)(F)C(F)(F)F)[C@@H]3CCC4=CC(=O)CCC4=C32)cc1. The van der Waals surface area contributed by atoms with Crippen molar-refractivity contribution in [2.45, 2.75) is 87.3 Å². The number of allylic oxidation sites excluding steroid dienone is 4. The molecular formula is C28H31F5O4S. The summed E-state index contributed by atoms with van der Waals surface area (Å²) in [5.41, 5.74) is -1.61. The average Bonchev–Trinajstić information content (AvgIpc) is 3.14. The Morgan fingerprint density at radius 2 is 1.68 bits per heavy atom. The van der Waals surface area contributed by atoms with Crippen LogP contribution in [-0.2, 0) is 14.6 Å². The fourth-order valence-electron chi connectivity index (χ4n) is 7.79. The van der Waals surface area contributed by atoms with Gasteiger partial charge < -0.3 is 5.11 Å². The average molecular weight is 559 g/mol. The molecular weight excluding hydrogens is 527 g/mol. The summed E-state index contributed by atoms with van der Waals surface area (Å²) in [6.45, 7) is 2.88. The molecule has 0 saturated heterocycles. The zero-order valence-corrected chi connectivity index (χ0v) is 22.1. The van der Waals surface area contributed by atoms with Gasteiger partial charge in [-0.1, -0.05) is 31.6 Å². The predicted molar refractivity (Wildman–Crippen MR) is 130 cm³/mol. The van der Waals surface area contributed by atoms with Crippen LogP contribution in [0.15, 0.2) is 52.0 Å². The monoisotopic (exact) mass is 558 g/mol. The molecule has 1 aromatic rings. The largest absolute Gasteiger partial charge is 0.456 e. The molecule has 5 atom stereocenters. The molecule has 1 aromatic carbocycles. The number of hydrogen-bond donors (Lipinski definition) is 1. The third kappa shape index (κ3) is 3.76. The van der Waals surface area contributed by atoms with Crippen molar-refractivity contribution in [2.75, 3.05) is 5.75 Å². The van der Waals surface area contributed by atoms with E-state index in [4.69, 9.17) is 0 Å². The summed E-state index contributed by atoms with van der Waals surface area (Å²) in [6.07, 6.45) is -3.27. The maximum Gasteiger partial charge on any atom is 0.456 e. The van der Waals surface area contributed by atoms with Crippen LogP contribution in [0.3, 0.4) is 0 Å². The zero-order chi connectivity index (χ0) is 27.9. The first kappa shape index (κ1) is 27.5. The number of carbonyl (C=O) groups is 1. The highest BCUT2D eigenvalue weighted by molar-refractivity contribution is 7.91. The Balaban J connectivity index is 1.68. The molecule has 208 valence electrons. The van der Waals surface area contributed by atoms with Gasteiger partial charge in [0.25, 0.3) is 0 Å². The van der Waals surface area contributed by atoms with Crippen molar-refractivity contribution >= 4 is 15.6 Å². The van der Waals surface area contributed by atoms with Gasteiger partial charge in [-0.3, -0.25) is 4.79 Å². The molecule has 4 nitrogen and oxygen atoms in total. The lowest BCUT2D eigenvalue weighted by molar-refractivity contribution is -0.362. The van der Waals surface area contributed by atoms with E-state index in [-0.39, 0.29) is 35.2 Å². The molecule has 1 N–H and O–H groups in total. The summed E-state index contributed by atoms with van der Waals surface area (Å²) in [4.78, 5) is 12.2. The van der Waals surface area contributed by atoms with Crippen molar-refractivity contribution in [3.63, 3.8) is 0 Å². The first-order valence-corrected chi connectivity index (χ1v) is 14.7. The van der Waals surface area contributed by atoms with Crippen LogP contribution in [-0.4, -0.2) is 42.8 Å². The predicted octanol–water partition coefficient (Wildman–Crippen LogP) is 6.31. The maximum absolute atomic E-state index is 15.0. The van der Waals surface area contributed by atoms with Gasteiger partial charge in [0, 0.05) is 17.8 Å². The standard InChI is InChI=1S/C28H31F5O4S/c1-3-38(36,37)19-8-4-16(5-9-19)22-15-25(2)23(12-13-26(25,35)27(29,30)28(31,32)33)21-10-6-17-14-18(34)7-11-20(17)24(21)22/h4-5,8-9,14,21-23,35H,3,6-7,10-13,15H2,1-2H3/t21-,22+,23-,25-,26-/m0/s1. The first-order valence-electron chi connectivity index (χ1n) is 13.0. The van der Waals surface area contributed by atoms with E-state index in [0.717, 1.165) is 16.7 Å². The zero-order valence-electron chi connectivity index (χ0n) is 21.2. The third-order valence-corrected chi connectivity index (χ3v) is 11.5. The summed E-state index contributed by atoms with van der Waals surface area (Å²) >= 11 is 0. The van der Waals surface area contributed by atoms with Crippen LogP contribution in [0.1, 0.15) is 70.3 Å². The van der Waals surface area contributed by atoms with Gasteiger partial charge in [0.05, 0.1) is 10.6 Å². The number of carbonyl (C=O) groups excluding carboxylic acids is 1. The Bertz CT molecular complexity index is 1330. The van der Waals surface area contributed by atoms with Crippen molar-refractivity contribution in [2.24, 2.45) is 17.3 Å². The van der Waals surface area contributed by atoms with E-state index in [1.54, 1.807) is 18.2 Å². The fourth-order valence-corrected chi connectivity index (χ4v) is 8.67. The molecule has 0 spiro atoms. The molecule has 0 unspecified atom stereocenters. The topological polar surface area (TPSA) is 71.4 Å². The van der Waals surface area contributed by atoms with Crippen molar-refractivity contribution in [3.8, 4) is 0 Å². The Morgan fingerprint density at radius 1 is 1.03 bits per heavy atom. The lowest BCUT2D eigenvalue weighted by atomic mass is 9.50. The van der Waals surface area contributed by atoms with E-state index < -0.39 is 51.2 Å². The normalized spacial score (nSPS) is 33.9. The molecule has 38 heavy (non-hydrogen) atoms. The lowest BCUT2D eigenvalue weighted by Crippen LogP contribution is -2.65. The second kappa shape index (κ2) is 8.71. The minimum absolute atomic E-state index is 0.00850. The Hall–Kier alpha value is -2.07. The van der Waals surface area contributed by atoms with Crippen LogP contribution < -0.4 is 0 Å². The molecule has 2 fully saturated rings. The summed E-state index contributed by atoms with van der Waals surface area (Å²) in [5, 5.41) is 11.3. The number of benzene rings is 1. The van der Waals surface area contributed by atoms with Gasteiger partial charge in [-0.25, -0.2) is 8.42 Å². The van der Waals surface area contributed by atoms with Crippen LogP contribution in [0.2, 0.25) is 0 Å². The van der Waals surface area contributed by atoms with E-state index >= 15 is 8.78 Å². The van der Waals surface area contributed by atoms with Crippen molar-refractivity contribution in [1.29, 1.82) is 0 Å². The molecule has 0 bridgehead atoms. The van der Waals surface area contributed by atoms with Crippen molar-refractivity contribution in [1.82, 2.24) is 0 Å². The van der Waals surface area contributed by atoms with Crippen LogP contribution in [0.4, 0.5) is 22.0 Å². The summed E-state index contributed by atoms with van der Waals surface area (Å²) in [7, 11) is -3.50. The van der Waals surface area contributed by atoms with E-state index in [2.05, 4.69) is 0 Å². The number of halogens is 5. The van der Waals surface area contributed by atoms with Crippen LogP contribution in [0.5, 0.6) is 0 Å². The minimum Gasteiger partial charge on any atom is -0.383 e. The second-order valence-corrected chi connectivity index (χ2v) is 13.7. The van der Waals surface area contributed by atoms with Crippen molar-refractivity contribution in [3.05, 3.63) is 52.6 Å². The second-order valence-electron chi connectivity index (χ2n) is 11.4. The molecule has 0 heterocycles. The highest BCUT2D eigenvalue weighted by Crippen LogP contribution is 2.70. The molecule has 4 aliphatic carbocycles. The number of rotatable bonds is 4. The molecule has 0 amide bonds. The number of aliphatic hydroxyl groups is 1. The quantitative estimate of drug-likeness (QED) is 0.440. The smallest absolute Gasteiger partial charge is 0.383 e. The fraction of sp³-hybridized carbons (Fsp3) is 0.607. The van der Waals surface area contributed by atoms with Gasteiger partial charge in [-0.05, 0) is 85.3 Å². The summed E-state index contributed by atoms with van der Waals surface area (Å²) in [5.74, 6) is -6.90. The van der Waals surface area contributed by atoms with Gasteiger partial charge in [0.2, 0.25) is 0 Å². The van der Waals surface area contributed by atoms with Gasteiger partial charge in [0.1, 0.15) is 5.60 Å². The van der Waals surface area contributed by atoms with Crippen LogP contribution >= 0.6 is 0 Å². The lowest BCUT2D eigenvalue weighted by Gasteiger charge is -2.56. The van der Waals surface area contributed by atoms with Gasteiger partial charge in [0.15, 0.2) is 15.6 Å². The molecule has 0 radical (unpaired) electrons. The molecule has 10 heteroatoms. The number of ketones is 1. The Kier molecular flexibility index (Phi) is 6.31. The van der Waals surface area contributed by atoms with Gasteiger partial charge >= 0.3 is 12.1 Å². The number of alkyl halides is 5. The Morgan fingerprint density at radius 3 is 2.29 bits per heavy atom. The highest BCUT2D eigenvalue weighted by Gasteiger charge is 2.79. The summed E-state index contributed by atoms with van der Waals surface area (Å²) in [6, 6.07) is 6.09. The maximum atomic E-state index is 15.0. The molecule has 2 saturated carbocycles. The van der Waals surface area contributed by atoms with E-state index in [0.29, 0.717) is 31.2 Å². The highest BCUT2D eigenvalue weighted by atomic mass is 32.2. The van der Waals surface area contributed by atoms with Crippen LogP contribution in [0, 0.1) is 17.3 Å². The van der Waals surface area contributed by atoms with Gasteiger partial charge in [-0.15, -0.1) is 0 Å². The molecule has 0 aliphatic heterocycles. The number of hydrogen-bond acceptors (Lipinski definition) is 4. The molecule has 5 rings (SSSR count). The van der Waals surface area contributed by atoms with E-state index in [9.17, 15) is 31.5 Å². The van der Waals surface area contributed by atoms with Crippen molar-refractivity contribution < 1.29 is 40.3 Å². The summed E-state index contributed by atoms with van der Waals surface area (Å²) < 4.78 is 95.7. The Labute approximate surface area is 218 Å². The van der Waals surface area contributed by atoms with E-state index in [1.165, 1.54) is 26.0 Å². The first-order chi connectivity index (χ1) is 17.6.